The van der Waals surface area contributed by atoms with Gasteiger partial charge in [0.1, 0.15) is 5.82 Å². The number of halogens is 2. The lowest BCUT2D eigenvalue weighted by Crippen LogP contribution is -2.48. The molecule has 0 amide bonds. The van der Waals surface area contributed by atoms with Crippen molar-refractivity contribution in [2.24, 2.45) is 4.99 Å². The topological polar surface area (TPSA) is 39.7 Å². The van der Waals surface area contributed by atoms with Gasteiger partial charge in [-0.25, -0.2) is 4.39 Å². The number of benzene rings is 1. The molecule has 7 heteroatoms. The number of anilines is 1. The van der Waals surface area contributed by atoms with Gasteiger partial charge in [-0.3, -0.25) is 4.99 Å². The maximum Gasteiger partial charge on any atom is 0.191 e. The fourth-order valence-corrected chi connectivity index (χ4v) is 3.66. The van der Waals surface area contributed by atoms with Crippen LogP contribution in [0.15, 0.2) is 46.8 Å². The van der Waals surface area contributed by atoms with Crippen LogP contribution >= 0.6 is 35.3 Å². The third-order valence-corrected chi connectivity index (χ3v) is 5.18. The first kappa shape index (κ1) is 20.0. The zero-order valence-electron chi connectivity index (χ0n) is 14.2. The van der Waals surface area contributed by atoms with E-state index in [2.05, 4.69) is 38.0 Å². The van der Waals surface area contributed by atoms with Gasteiger partial charge in [-0.15, -0.1) is 35.3 Å². The molecule has 1 saturated heterocycles. The summed E-state index contributed by atoms with van der Waals surface area (Å²) in [5, 5.41) is 10.3. The van der Waals surface area contributed by atoms with E-state index in [0.29, 0.717) is 12.6 Å². The van der Waals surface area contributed by atoms with Gasteiger partial charge in [0.25, 0.3) is 0 Å². The first-order valence-electron chi connectivity index (χ1n) is 8.24. The number of nitrogens with zero attached hydrogens (tertiary/aromatic N) is 2. The molecule has 1 aromatic carbocycles. The standard InChI is InChI=1S/C18H23FN4S.HI/c1-20-18(21-13-14-4-6-15(19)7-5-14)22-16-8-10-23(11-9-16)17-3-2-12-24-17;/h2-7,12,16H,8-11,13H2,1H3,(H2,20,21,22);1H. The van der Waals surface area contributed by atoms with Crippen molar-refractivity contribution in [3.63, 3.8) is 0 Å². The van der Waals surface area contributed by atoms with Gasteiger partial charge in [0.05, 0.1) is 5.00 Å². The second-order valence-corrected chi connectivity index (χ2v) is 6.84. The minimum absolute atomic E-state index is 0. The maximum atomic E-state index is 12.9. The summed E-state index contributed by atoms with van der Waals surface area (Å²) in [6, 6.07) is 11.2. The summed E-state index contributed by atoms with van der Waals surface area (Å²) in [5.74, 6) is 0.590. The Morgan fingerprint density at radius 3 is 2.56 bits per heavy atom. The van der Waals surface area contributed by atoms with Crippen molar-refractivity contribution in [1.29, 1.82) is 0 Å². The lowest BCUT2D eigenvalue weighted by atomic mass is 10.1. The van der Waals surface area contributed by atoms with E-state index in [-0.39, 0.29) is 29.8 Å². The molecule has 3 rings (SSSR count). The van der Waals surface area contributed by atoms with Crippen molar-refractivity contribution < 1.29 is 4.39 Å². The summed E-state index contributed by atoms with van der Waals surface area (Å²) in [7, 11) is 1.78. The zero-order chi connectivity index (χ0) is 16.8. The van der Waals surface area contributed by atoms with Crippen LogP contribution in [0.2, 0.25) is 0 Å². The van der Waals surface area contributed by atoms with Crippen LogP contribution in [0, 0.1) is 5.82 Å². The lowest BCUT2D eigenvalue weighted by molar-refractivity contribution is 0.463. The van der Waals surface area contributed by atoms with E-state index in [0.717, 1.165) is 37.5 Å². The smallest absolute Gasteiger partial charge is 0.191 e. The molecule has 0 radical (unpaired) electrons. The third-order valence-electron chi connectivity index (χ3n) is 4.25. The van der Waals surface area contributed by atoms with E-state index in [1.54, 1.807) is 30.5 Å². The highest BCUT2D eigenvalue weighted by atomic mass is 127. The normalized spacial score (nSPS) is 15.6. The van der Waals surface area contributed by atoms with Gasteiger partial charge in [0.15, 0.2) is 5.96 Å². The summed E-state index contributed by atoms with van der Waals surface area (Å²) < 4.78 is 12.9. The van der Waals surface area contributed by atoms with Crippen LogP contribution in [0.1, 0.15) is 18.4 Å². The largest absolute Gasteiger partial charge is 0.363 e. The quantitative estimate of drug-likeness (QED) is 0.402. The number of rotatable bonds is 4. The molecule has 1 aliphatic rings. The Kier molecular flexibility index (Phi) is 7.95. The molecule has 0 spiro atoms. The number of thiophene rings is 1. The van der Waals surface area contributed by atoms with E-state index < -0.39 is 0 Å². The molecule has 136 valence electrons. The minimum atomic E-state index is -0.209. The van der Waals surface area contributed by atoms with Crippen LogP contribution in [-0.4, -0.2) is 32.1 Å². The Labute approximate surface area is 169 Å². The fourth-order valence-electron chi connectivity index (χ4n) is 2.87. The van der Waals surface area contributed by atoms with E-state index in [9.17, 15) is 4.39 Å². The van der Waals surface area contributed by atoms with Crippen molar-refractivity contribution in [2.45, 2.75) is 25.4 Å². The molecule has 2 N–H and O–H groups in total. The molecule has 0 atom stereocenters. The second kappa shape index (κ2) is 9.96. The van der Waals surface area contributed by atoms with Crippen molar-refractivity contribution in [2.75, 3.05) is 25.0 Å². The van der Waals surface area contributed by atoms with Crippen LogP contribution in [0.5, 0.6) is 0 Å². The van der Waals surface area contributed by atoms with Crippen LogP contribution < -0.4 is 15.5 Å². The van der Waals surface area contributed by atoms with Crippen LogP contribution in [0.25, 0.3) is 0 Å². The summed E-state index contributed by atoms with van der Waals surface area (Å²) in [6.45, 7) is 2.76. The molecule has 0 aliphatic carbocycles. The monoisotopic (exact) mass is 474 g/mol. The molecule has 1 fully saturated rings. The van der Waals surface area contributed by atoms with Gasteiger partial charge in [0.2, 0.25) is 0 Å². The summed E-state index contributed by atoms with van der Waals surface area (Å²) in [5.41, 5.74) is 1.03. The summed E-state index contributed by atoms with van der Waals surface area (Å²) in [6.07, 6.45) is 2.18. The van der Waals surface area contributed by atoms with Crippen LogP contribution in [-0.2, 0) is 6.54 Å². The van der Waals surface area contributed by atoms with Crippen LogP contribution in [0.3, 0.4) is 0 Å². The Bertz CT molecular complexity index is 652. The molecule has 0 bridgehead atoms. The molecule has 1 aromatic heterocycles. The minimum Gasteiger partial charge on any atom is -0.363 e. The molecule has 2 heterocycles. The maximum absolute atomic E-state index is 12.9. The first-order valence-corrected chi connectivity index (χ1v) is 9.12. The van der Waals surface area contributed by atoms with Crippen molar-refractivity contribution in [3.8, 4) is 0 Å². The molecule has 0 saturated carbocycles. The van der Waals surface area contributed by atoms with E-state index in [1.165, 1.54) is 17.1 Å². The lowest BCUT2D eigenvalue weighted by Gasteiger charge is -2.33. The molecule has 1 aliphatic heterocycles. The summed E-state index contributed by atoms with van der Waals surface area (Å²) in [4.78, 5) is 6.73. The van der Waals surface area contributed by atoms with E-state index >= 15 is 0 Å². The van der Waals surface area contributed by atoms with Gasteiger partial charge in [-0.05, 0) is 48.1 Å². The average Bonchev–Trinajstić information content (AvgIpc) is 3.15. The Hall–Kier alpha value is -1.35. The SMILES string of the molecule is CN=C(NCc1ccc(F)cc1)NC1CCN(c2cccs2)CC1.I. The molecule has 4 nitrogen and oxygen atoms in total. The van der Waals surface area contributed by atoms with Crippen molar-refractivity contribution in [1.82, 2.24) is 10.6 Å². The number of nitrogens with one attached hydrogen (secondary N) is 2. The molecule has 25 heavy (non-hydrogen) atoms. The van der Waals surface area contributed by atoms with Gasteiger partial charge in [-0.2, -0.15) is 0 Å². The van der Waals surface area contributed by atoms with Crippen molar-refractivity contribution >= 4 is 46.3 Å². The molecular weight excluding hydrogens is 450 g/mol. The number of guanidine groups is 1. The van der Waals surface area contributed by atoms with Gasteiger partial charge in [0, 0.05) is 32.7 Å². The van der Waals surface area contributed by atoms with Gasteiger partial charge in [-0.1, -0.05) is 12.1 Å². The molecule has 0 unspecified atom stereocenters. The first-order chi connectivity index (χ1) is 11.7. The van der Waals surface area contributed by atoms with Gasteiger partial charge >= 0.3 is 0 Å². The number of hydrogen-bond donors (Lipinski definition) is 2. The number of aliphatic imine (C=N–C) groups is 1. The third kappa shape index (κ3) is 5.85. The molecule has 2 aromatic rings. The predicted octanol–water partition coefficient (Wildman–Crippen LogP) is 3.84. The average molecular weight is 474 g/mol. The van der Waals surface area contributed by atoms with Crippen molar-refractivity contribution in [3.05, 3.63) is 53.2 Å². The Morgan fingerprint density at radius 1 is 1.24 bits per heavy atom. The highest BCUT2D eigenvalue weighted by Gasteiger charge is 2.20. The fraction of sp³-hybridized carbons (Fsp3) is 0.389. The number of piperidine rings is 1. The highest BCUT2D eigenvalue weighted by molar-refractivity contribution is 14.0. The molecular formula is C18H24FIN4S. The van der Waals surface area contributed by atoms with Crippen LogP contribution in [0.4, 0.5) is 9.39 Å². The number of hydrogen-bond acceptors (Lipinski definition) is 3. The van der Waals surface area contributed by atoms with E-state index in [1.807, 2.05) is 0 Å². The van der Waals surface area contributed by atoms with E-state index in [4.69, 9.17) is 0 Å². The zero-order valence-corrected chi connectivity index (χ0v) is 17.4. The highest BCUT2D eigenvalue weighted by Crippen LogP contribution is 2.24. The summed E-state index contributed by atoms with van der Waals surface area (Å²) >= 11 is 1.80. The van der Waals surface area contributed by atoms with Gasteiger partial charge < -0.3 is 15.5 Å². The predicted molar refractivity (Wildman–Crippen MR) is 115 cm³/mol. The Morgan fingerprint density at radius 2 is 1.96 bits per heavy atom. The second-order valence-electron chi connectivity index (χ2n) is 5.91. The Balaban J connectivity index is 0.00000225.